The van der Waals surface area contributed by atoms with Crippen molar-refractivity contribution in [3.05, 3.63) is 97.2 Å². The van der Waals surface area contributed by atoms with Crippen LogP contribution in [0.3, 0.4) is 0 Å². The van der Waals surface area contributed by atoms with E-state index in [9.17, 15) is 19.0 Å². The van der Waals surface area contributed by atoms with Crippen LogP contribution in [-0.2, 0) is 32.7 Å². The molecule has 0 aliphatic rings. The van der Waals surface area contributed by atoms with Crippen LogP contribution in [0.1, 0.15) is 155 Å². The van der Waals surface area contributed by atoms with E-state index in [1.165, 1.54) is 38.5 Å². The van der Waals surface area contributed by atoms with Gasteiger partial charge in [0.2, 0.25) is 0 Å². The van der Waals surface area contributed by atoms with E-state index in [1.807, 2.05) is 6.08 Å². The molecule has 0 aliphatic carbocycles. The molecule has 330 valence electrons. The standard InChI is InChI=1S/C48H80NO8P/c1-4-6-8-10-12-14-16-18-20-22-23-25-26-28-30-32-34-36-38-40-47(50)54-44-46(45-56-58(52,53)55-43-42-49-3)57-48(51)41-39-37-35-33-31-29-27-24-21-19-17-15-13-11-9-7-5-2/h6,8,12,14,18-21,23,25,27-30,33,35,46,49H,4-5,7,9-11,13,15-17,22,24,26,31-32,34,36-45H2,1-3H3,(H,52,53)/b8-6-,14-12-,20-18-,21-19-,25-23-,29-27-,30-28-,35-33-. The number of phosphoric ester groups is 1. The third-order valence-corrected chi connectivity index (χ3v) is 9.67. The molecule has 2 N–H and O–H groups in total. The van der Waals surface area contributed by atoms with Gasteiger partial charge in [-0.3, -0.25) is 18.6 Å². The van der Waals surface area contributed by atoms with E-state index in [-0.39, 0.29) is 26.1 Å². The Hall–Kier alpha value is -3.07. The third-order valence-electron chi connectivity index (χ3n) is 8.69. The summed E-state index contributed by atoms with van der Waals surface area (Å²) in [5.74, 6) is -0.915. The van der Waals surface area contributed by atoms with Gasteiger partial charge in [-0.1, -0.05) is 150 Å². The van der Waals surface area contributed by atoms with Crippen molar-refractivity contribution in [3.8, 4) is 0 Å². The Labute approximate surface area is 353 Å². The minimum absolute atomic E-state index is 0.0372. The van der Waals surface area contributed by atoms with E-state index in [0.29, 0.717) is 25.8 Å². The van der Waals surface area contributed by atoms with E-state index in [1.54, 1.807) is 7.05 Å². The lowest BCUT2D eigenvalue weighted by Gasteiger charge is -2.20. The molecule has 0 saturated heterocycles. The molecule has 2 atom stereocenters. The second-order valence-electron chi connectivity index (χ2n) is 14.1. The van der Waals surface area contributed by atoms with Gasteiger partial charge in [0.05, 0.1) is 13.2 Å². The summed E-state index contributed by atoms with van der Waals surface area (Å²) in [6.45, 7) is 3.98. The summed E-state index contributed by atoms with van der Waals surface area (Å²) in [4.78, 5) is 35.1. The van der Waals surface area contributed by atoms with Crippen molar-refractivity contribution in [2.45, 2.75) is 161 Å². The predicted molar refractivity (Wildman–Crippen MR) is 243 cm³/mol. The summed E-state index contributed by atoms with van der Waals surface area (Å²) in [5, 5.41) is 2.81. The summed E-state index contributed by atoms with van der Waals surface area (Å²) in [7, 11) is -2.69. The molecule has 10 heteroatoms. The van der Waals surface area contributed by atoms with Crippen LogP contribution >= 0.6 is 7.82 Å². The van der Waals surface area contributed by atoms with Crippen LogP contribution in [0, 0.1) is 0 Å². The first kappa shape index (κ1) is 54.9. The van der Waals surface area contributed by atoms with Crippen LogP contribution in [0.25, 0.3) is 0 Å². The van der Waals surface area contributed by atoms with E-state index >= 15 is 0 Å². The van der Waals surface area contributed by atoms with Crippen molar-refractivity contribution in [1.82, 2.24) is 5.32 Å². The molecule has 0 aliphatic heterocycles. The summed E-state index contributed by atoms with van der Waals surface area (Å²) in [6, 6.07) is 0. The molecule has 0 amide bonds. The Morgan fingerprint density at radius 1 is 0.552 bits per heavy atom. The number of hydrogen-bond acceptors (Lipinski definition) is 8. The fourth-order valence-corrected chi connectivity index (χ4v) is 6.11. The number of nitrogens with one attached hydrogen (secondary N) is 1. The molecule has 9 nitrogen and oxygen atoms in total. The first-order valence-electron chi connectivity index (χ1n) is 22.2. The van der Waals surface area contributed by atoms with Gasteiger partial charge in [0.1, 0.15) is 6.61 Å². The molecule has 0 rings (SSSR count). The van der Waals surface area contributed by atoms with Crippen molar-refractivity contribution in [3.63, 3.8) is 0 Å². The van der Waals surface area contributed by atoms with E-state index in [0.717, 1.165) is 70.6 Å². The number of likely N-dealkylation sites (N-methyl/N-ethyl adjacent to an activating group) is 1. The minimum Gasteiger partial charge on any atom is -0.462 e. The zero-order valence-corrected chi connectivity index (χ0v) is 37.3. The number of allylic oxidation sites excluding steroid dienone is 16. The van der Waals surface area contributed by atoms with Gasteiger partial charge >= 0.3 is 19.8 Å². The molecule has 0 fully saturated rings. The number of phosphoric acid groups is 1. The van der Waals surface area contributed by atoms with Gasteiger partial charge in [-0.05, 0) is 96.9 Å². The average Bonchev–Trinajstić information content (AvgIpc) is 3.21. The zero-order valence-electron chi connectivity index (χ0n) is 36.5. The predicted octanol–water partition coefficient (Wildman–Crippen LogP) is 12.9. The lowest BCUT2D eigenvalue weighted by molar-refractivity contribution is -0.161. The van der Waals surface area contributed by atoms with Crippen LogP contribution in [-0.4, -0.2) is 56.3 Å². The summed E-state index contributed by atoms with van der Waals surface area (Å²) >= 11 is 0. The number of hydrogen-bond donors (Lipinski definition) is 2. The SMILES string of the molecule is CC/C=C\C/C=C\C/C=C\C/C=C\C/C=C\CCCCCC(=O)OCC(COP(=O)(O)OCCNC)OC(=O)CCC/C=C\C/C=C\C/C=C\CCCCCCCC. The molecule has 58 heavy (non-hydrogen) atoms. The molecule has 0 radical (unpaired) electrons. The highest BCUT2D eigenvalue weighted by atomic mass is 31.2. The average molecular weight is 830 g/mol. The maximum absolute atomic E-state index is 12.6. The number of ether oxygens (including phenoxy) is 2. The second kappa shape index (κ2) is 43.5. The van der Waals surface area contributed by atoms with Crippen LogP contribution in [0.4, 0.5) is 0 Å². The smallest absolute Gasteiger partial charge is 0.462 e. The van der Waals surface area contributed by atoms with Crippen LogP contribution in [0.2, 0.25) is 0 Å². The Bertz CT molecular complexity index is 1270. The molecule has 0 bridgehead atoms. The van der Waals surface area contributed by atoms with Crippen molar-refractivity contribution in [1.29, 1.82) is 0 Å². The Morgan fingerprint density at radius 2 is 1.00 bits per heavy atom. The number of rotatable bonds is 40. The fourth-order valence-electron chi connectivity index (χ4n) is 5.36. The van der Waals surface area contributed by atoms with E-state index in [4.69, 9.17) is 18.5 Å². The number of unbranched alkanes of at least 4 members (excludes halogenated alkanes) is 10. The molecule has 0 heterocycles. The first-order valence-corrected chi connectivity index (χ1v) is 23.7. The van der Waals surface area contributed by atoms with Gasteiger partial charge in [0, 0.05) is 19.4 Å². The minimum atomic E-state index is -4.38. The largest absolute Gasteiger partial charge is 0.472 e. The second-order valence-corrected chi connectivity index (χ2v) is 15.6. The lowest BCUT2D eigenvalue weighted by Crippen LogP contribution is -2.29. The maximum atomic E-state index is 12.6. The summed E-state index contributed by atoms with van der Waals surface area (Å²) < 4.78 is 33.1. The van der Waals surface area contributed by atoms with Crippen molar-refractivity contribution < 1.29 is 37.6 Å². The quantitative estimate of drug-likeness (QED) is 0.0269. The van der Waals surface area contributed by atoms with Crippen molar-refractivity contribution in [2.75, 3.05) is 33.4 Å². The first-order chi connectivity index (χ1) is 28.3. The highest BCUT2D eigenvalue weighted by molar-refractivity contribution is 7.47. The molecule has 0 aromatic carbocycles. The topological polar surface area (TPSA) is 120 Å². The molecular weight excluding hydrogens is 750 g/mol. The molecule has 2 unspecified atom stereocenters. The van der Waals surface area contributed by atoms with E-state index < -0.39 is 32.5 Å². The van der Waals surface area contributed by atoms with Gasteiger partial charge in [-0.25, -0.2) is 4.57 Å². The summed E-state index contributed by atoms with van der Waals surface area (Å²) in [6.07, 6.45) is 54.6. The number of esters is 2. The number of carbonyl (C=O) groups is 2. The molecule has 0 aromatic rings. The Kier molecular flexibility index (Phi) is 41.2. The van der Waals surface area contributed by atoms with Crippen molar-refractivity contribution >= 4 is 19.8 Å². The van der Waals surface area contributed by atoms with E-state index in [2.05, 4.69) is 110 Å². The highest BCUT2D eigenvalue weighted by Gasteiger charge is 2.26. The monoisotopic (exact) mass is 830 g/mol. The Balaban J connectivity index is 4.38. The molecular formula is C48H80NO8P. The third kappa shape index (κ3) is 42.5. The van der Waals surface area contributed by atoms with Gasteiger partial charge in [-0.15, -0.1) is 0 Å². The normalized spacial score (nSPS) is 14.2. The highest BCUT2D eigenvalue weighted by Crippen LogP contribution is 2.43. The van der Waals surface area contributed by atoms with Gasteiger partial charge in [0.15, 0.2) is 6.10 Å². The summed E-state index contributed by atoms with van der Waals surface area (Å²) in [5.41, 5.74) is 0. The van der Waals surface area contributed by atoms with Gasteiger partial charge in [0.25, 0.3) is 0 Å². The maximum Gasteiger partial charge on any atom is 0.472 e. The van der Waals surface area contributed by atoms with Gasteiger partial charge in [-0.2, -0.15) is 0 Å². The van der Waals surface area contributed by atoms with Crippen LogP contribution in [0.5, 0.6) is 0 Å². The number of carbonyl (C=O) groups excluding carboxylic acids is 2. The lowest BCUT2D eigenvalue weighted by atomic mass is 10.1. The zero-order chi connectivity index (χ0) is 42.5. The Morgan fingerprint density at radius 3 is 1.52 bits per heavy atom. The van der Waals surface area contributed by atoms with Crippen LogP contribution in [0.15, 0.2) is 97.2 Å². The molecule has 0 saturated carbocycles. The van der Waals surface area contributed by atoms with Gasteiger partial charge < -0.3 is 19.7 Å². The fraction of sp³-hybridized carbons (Fsp3) is 0.625. The molecule has 0 spiro atoms. The van der Waals surface area contributed by atoms with Crippen molar-refractivity contribution in [2.24, 2.45) is 0 Å². The van der Waals surface area contributed by atoms with Crippen LogP contribution < -0.4 is 5.32 Å². The molecule has 0 aromatic heterocycles.